The average molecular weight is 757 g/mol. The van der Waals surface area contributed by atoms with Crippen molar-refractivity contribution < 1.29 is 0 Å². The summed E-state index contributed by atoms with van der Waals surface area (Å²) in [7, 11) is 0. The maximum absolute atomic E-state index is 5.11. The predicted molar refractivity (Wildman–Crippen MR) is 227 cm³/mol. The molecular formula is C50H35N3Se. The molecule has 0 aliphatic carbocycles. The van der Waals surface area contributed by atoms with Crippen LogP contribution in [0.1, 0.15) is 25.0 Å². The van der Waals surface area contributed by atoms with Crippen molar-refractivity contribution in [2.75, 3.05) is 0 Å². The van der Waals surface area contributed by atoms with Crippen LogP contribution in [0.3, 0.4) is 0 Å². The Bertz CT molecular complexity index is 3000. The van der Waals surface area contributed by atoms with Gasteiger partial charge in [0.25, 0.3) is 0 Å². The van der Waals surface area contributed by atoms with Crippen molar-refractivity contribution in [2.24, 2.45) is 0 Å². The SMILES string of the molecule is CC(C)(c1ccccc1)c1ccc(-c2nc(-c3ccccc3)nc(-c3cccc(-c4ccc5ccc6ccc7c8ccccc8[se]c7c6c5c4)c3)n2)cc1. The van der Waals surface area contributed by atoms with Gasteiger partial charge in [0.1, 0.15) is 0 Å². The normalized spacial score (nSPS) is 11.9. The Morgan fingerprint density at radius 1 is 0.389 bits per heavy atom. The van der Waals surface area contributed by atoms with Crippen LogP contribution in [0.5, 0.6) is 0 Å². The monoisotopic (exact) mass is 757 g/mol. The average Bonchev–Trinajstić information content (AvgIpc) is 3.63. The minimum atomic E-state index is -0.138. The van der Waals surface area contributed by atoms with Crippen LogP contribution in [0.2, 0.25) is 0 Å². The first-order valence-electron chi connectivity index (χ1n) is 18.4. The van der Waals surface area contributed by atoms with E-state index in [-0.39, 0.29) is 19.9 Å². The van der Waals surface area contributed by atoms with Crippen LogP contribution in [0, 0.1) is 0 Å². The second-order valence-corrected chi connectivity index (χ2v) is 16.7. The smallest absolute Gasteiger partial charge is 0.0509 e. The minimum Gasteiger partial charge on any atom is -0.0574 e. The number of hydrogen-bond donors (Lipinski definition) is 0. The summed E-state index contributed by atoms with van der Waals surface area (Å²) < 4.78 is 2.95. The summed E-state index contributed by atoms with van der Waals surface area (Å²) in [5, 5.41) is 8.00. The fraction of sp³-hybridized carbons (Fsp3) is 0.0600. The van der Waals surface area contributed by atoms with E-state index in [9.17, 15) is 0 Å². The number of rotatable bonds is 6. The van der Waals surface area contributed by atoms with E-state index >= 15 is 0 Å². The zero-order valence-corrected chi connectivity index (χ0v) is 31.7. The molecule has 0 radical (unpaired) electrons. The second-order valence-electron chi connectivity index (χ2n) is 14.5. The van der Waals surface area contributed by atoms with Gasteiger partial charge >= 0.3 is 207 Å². The summed E-state index contributed by atoms with van der Waals surface area (Å²) in [6, 6.07) is 63.1. The van der Waals surface area contributed by atoms with E-state index < -0.39 is 0 Å². The molecule has 10 rings (SSSR count). The largest absolute Gasteiger partial charge is 0.0574 e. The molecule has 2 heterocycles. The van der Waals surface area contributed by atoms with Gasteiger partial charge in [-0.15, -0.1) is 0 Å². The Labute approximate surface area is 320 Å². The van der Waals surface area contributed by atoms with Crippen LogP contribution in [0.4, 0.5) is 0 Å². The van der Waals surface area contributed by atoms with Crippen molar-refractivity contribution in [2.45, 2.75) is 19.3 Å². The topological polar surface area (TPSA) is 38.7 Å². The molecule has 0 amide bonds. The zero-order valence-electron chi connectivity index (χ0n) is 30.0. The summed E-state index contributed by atoms with van der Waals surface area (Å²) in [4.78, 5) is 15.2. The number of hydrogen-bond acceptors (Lipinski definition) is 3. The van der Waals surface area contributed by atoms with Crippen LogP contribution in [0.15, 0.2) is 176 Å². The molecule has 3 nitrogen and oxygen atoms in total. The minimum absolute atomic E-state index is 0.138. The van der Waals surface area contributed by atoms with E-state index in [1.54, 1.807) is 0 Å². The van der Waals surface area contributed by atoms with Crippen molar-refractivity contribution in [1.82, 2.24) is 15.0 Å². The van der Waals surface area contributed by atoms with Gasteiger partial charge in [-0.2, -0.15) is 0 Å². The summed E-state index contributed by atoms with van der Waals surface area (Å²) in [6.07, 6.45) is 0. The molecule has 0 saturated carbocycles. The first-order chi connectivity index (χ1) is 26.5. The van der Waals surface area contributed by atoms with Gasteiger partial charge < -0.3 is 0 Å². The van der Waals surface area contributed by atoms with Crippen LogP contribution < -0.4 is 0 Å². The summed E-state index contributed by atoms with van der Waals surface area (Å²) in [6.45, 7) is 4.53. The van der Waals surface area contributed by atoms with Gasteiger partial charge in [-0.3, -0.25) is 0 Å². The van der Waals surface area contributed by atoms with E-state index in [1.807, 2.05) is 18.2 Å². The van der Waals surface area contributed by atoms with Crippen molar-refractivity contribution in [3.63, 3.8) is 0 Å². The molecule has 8 aromatic carbocycles. The molecule has 0 N–H and O–H groups in total. The Balaban J connectivity index is 1.08. The van der Waals surface area contributed by atoms with Gasteiger partial charge in [0, 0.05) is 5.41 Å². The van der Waals surface area contributed by atoms with Gasteiger partial charge in [-0.25, -0.2) is 0 Å². The summed E-state index contributed by atoms with van der Waals surface area (Å²) in [5.74, 6) is 1.96. The molecule has 4 heteroatoms. The van der Waals surface area contributed by atoms with E-state index in [2.05, 4.69) is 172 Å². The van der Waals surface area contributed by atoms with Gasteiger partial charge in [-0.05, 0) is 11.1 Å². The Hall–Kier alpha value is -6.19. The molecule has 0 fully saturated rings. The standard InChI is InChI=1S/C50H35N3Se/c1-50(2,39-16-7-4-8-17-39)40-27-24-35(25-28-40)48-51-47(34-12-5-3-6-13-34)52-49(53-48)38-15-11-14-36(30-38)37-23-21-32-20-22-33-26-29-42-41-18-9-10-19-44(41)54-46(42)45(33)43(32)31-37/h3-31H,1-2H3. The van der Waals surface area contributed by atoms with E-state index in [0.717, 1.165) is 22.3 Å². The molecule has 0 atom stereocenters. The molecule has 0 bridgehead atoms. The molecule has 0 aliphatic heterocycles. The van der Waals surface area contributed by atoms with Gasteiger partial charge in [0.05, 0.1) is 0 Å². The van der Waals surface area contributed by atoms with Crippen LogP contribution >= 0.6 is 0 Å². The molecule has 0 spiro atoms. The van der Waals surface area contributed by atoms with Gasteiger partial charge in [0.15, 0.2) is 0 Å². The van der Waals surface area contributed by atoms with E-state index in [0.29, 0.717) is 17.5 Å². The Morgan fingerprint density at radius 2 is 0.926 bits per heavy atom. The Morgan fingerprint density at radius 3 is 1.70 bits per heavy atom. The number of aromatic nitrogens is 3. The first-order valence-corrected chi connectivity index (χ1v) is 20.1. The summed E-state index contributed by atoms with van der Waals surface area (Å²) in [5.41, 5.74) is 7.54. The number of fused-ring (bicyclic) bond motifs is 7. The zero-order chi connectivity index (χ0) is 36.2. The van der Waals surface area contributed by atoms with E-state index in [4.69, 9.17) is 15.0 Å². The quantitative estimate of drug-likeness (QED) is 0.125. The van der Waals surface area contributed by atoms with E-state index in [1.165, 1.54) is 57.5 Å². The molecule has 0 unspecified atom stereocenters. The third-order valence-electron chi connectivity index (χ3n) is 10.8. The van der Waals surface area contributed by atoms with Crippen molar-refractivity contribution >= 4 is 55.3 Å². The molecule has 54 heavy (non-hydrogen) atoms. The Kier molecular flexibility index (Phi) is 7.84. The number of benzene rings is 8. The van der Waals surface area contributed by atoms with Gasteiger partial charge in [-0.1, -0.05) is 98.8 Å². The molecule has 10 aromatic rings. The third-order valence-corrected chi connectivity index (χ3v) is 13.4. The van der Waals surface area contributed by atoms with Gasteiger partial charge in [0.2, 0.25) is 0 Å². The molecule has 256 valence electrons. The first kappa shape index (κ1) is 32.5. The summed E-state index contributed by atoms with van der Waals surface area (Å²) >= 11 is 0.265. The van der Waals surface area contributed by atoms with Crippen molar-refractivity contribution in [3.8, 4) is 45.3 Å². The van der Waals surface area contributed by atoms with Crippen molar-refractivity contribution in [1.29, 1.82) is 0 Å². The van der Waals surface area contributed by atoms with Crippen LogP contribution in [-0.4, -0.2) is 29.5 Å². The second kappa shape index (κ2) is 13.0. The number of nitrogens with zero attached hydrogens (tertiary/aromatic N) is 3. The molecule has 0 saturated heterocycles. The maximum Gasteiger partial charge on any atom is -0.0509 e. The fourth-order valence-corrected chi connectivity index (χ4v) is 10.4. The molecular weight excluding hydrogens is 722 g/mol. The van der Waals surface area contributed by atoms with Crippen molar-refractivity contribution in [3.05, 3.63) is 187 Å². The predicted octanol–water partition coefficient (Wildman–Crippen LogP) is 12.5. The molecule has 0 aliphatic rings. The third kappa shape index (κ3) is 5.63. The fourth-order valence-electron chi connectivity index (χ4n) is 7.74. The van der Waals surface area contributed by atoms with Crippen LogP contribution in [-0.2, 0) is 5.41 Å². The molecule has 2 aromatic heterocycles. The maximum atomic E-state index is 5.11. The van der Waals surface area contributed by atoms with Crippen LogP contribution in [0.25, 0.3) is 86.1 Å².